The molecule has 0 aliphatic carbocycles. The van der Waals surface area contributed by atoms with Gasteiger partial charge in [0.1, 0.15) is 6.10 Å². The number of aryl methyl sites for hydroxylation is 1. The van der Waals surface area contributed by atoms with Crippen LogP contribution in [0, 0.1) is 13.5 Å². The zero-order valence-electron chi connectivity index (χ0n) is 13.0. The molecule has 0 bridgehead atoms. The highest BCUT2D eigenvalue weighted by molar-refractivity contribution is 7.12. The SMILES string of the molecule is [C-]#[N+]c1ccc(N2C[C@H](CNC(=O)c3cccs3)OC2=O)cc1C. The molecule has 1 aliphatic rings. The van der Waals surface area contributed by atoms with Crippen LogP contribution in [0.2, 0.25) is 0 Å². The van der Waals surface area contributed by atoms with Crippen molar-refractivity contribution in [2.75, 3.05) is 18.0 Å². The fourth-order valence-electron chi connectivity index (χ4n) is 2.47. The van der Waals surface area contributed by atoms with Crippen molar-refractivity contribution in [2.45, 2.75) is 13.0 Å². The van der Waals surface area contributed by atoms with Gasteiger partial charge in [0.05, 0.1) is 24.5 Å². The van der Waals surface area contributed by atoms with E-state index in [9.17, 15) is 9.59 Å². The summed E-state index contributed by atoms with van der Waals surface area (Å²) in [6.07, 6.45) is -0.845. The van der Waals surface area contributed by atoms with E-state index in [2.05, 4.69) is 10.2 Å². The van der Waals surface area contributed by atoms with Gasteiger partial charge in [-0.1, -0.05) is 12.1 Å². The van der Waals surface area contributed by atoms with Gasteiger partial charge in [0.25, 0.3) is 5.91 Å². The number of ether oxygens (including phenoxy) is 1. The Hall–Kier alpha value is -2.85. The normalized spacial score (nSPS) is 16.6. The van der Waals surface area contributed by atoms with Gasteiger partial charge in [0.2, 0.25) is 0 Å². The van der Waals surface area contributed by atoms with Crippen molar-refractivity contribution in [3.05, 3.63) is 57.6 Å². The van der Waals surface area contributed by atoms with Gasteiger partial charge >= 0.3 is 6.09 Å². The molecule has 2 aromatic rings. The minimum absolute atomic E-state index is 0.170. The second kappa shape index (κ2) is 6.72. The first-order chi connectivity index (χ1) is 11.6. The Morgan fingerprint density at radius 2 is 2.33 bits per heavy atom. The summed E-state index contributed by atoms with van der Waals surface area (Å²) >= 11 is 1.36. The summed E-state index contributed by atoms with van der Waals surface area (Å²) in [5, 5.41) is 4.61. The summed E-state index contributed by atoms with van der Waals surface area (Å²) < 4.78 is 5.31. The van der Waals surface area contributed by atoms with Crippen LogP contribution in [0.5, 0.6) is 0 Å². The Morgan fingerprint density at radius 1 is 1.50 bits per heavy atom. The van der Waals surface area contributed by atoms with Gasteiger partial charge in [-0.15, -0.1) is 11.3 Å². The smallest absolute Gasteiger partial charge is 0.414 e. The number of rotatable bonds is 4. The van der Waals surface area contributed by atoms with Crippen LogP contribution < -0.4 is 10.2 Å². The Labute approximate surface area is 143 Å². The van der Waals surface area contributed by atoms with Gasteiger partial charge in [-0.2, -0.15) is 0 Å². The van der Waals surface area contributed by atoms with E-state index in [0.29, 0.717) is 22.8 Å². The zero-order chi connectivity index (χ0) is 17.1. The van der Waals surface area contributed by atoms with E-state index in [1.807, 2.05) is 18.4 Å². The van der Waals surface area contributed by atoms with Crippen molar-refractivity contribution in [2.24, 2.45) is 0 Å². The van der Waals surface area contributed by atoms with Crippen LogP contribution in [0.3, 0.4) is 0 Å². The van der Waals surface area contributed by atoms with Crippen LogP contribution >= 0.6 is 11.3 Å². The molecule has 0 saturated carbocycles. The first-order valence-electron chi connectivity index (χ1n) is 7.36. The van der Waals surface area contributed by atoms with Crippen LogP contribution in [0.4, 0.5) is 16.2 Å². The fraction of sp³-hybridized carbons (Fsp3) is 0.235. The highest BCUT2D eigenvalue weighted by Crippen LogP contribution is 2.27. The molecule has 1 aliphatic heterocycles. The molecular formula is C17H15N3O3S. The van der Waals surface area contributed by atoms with Crippen LogP contribution in [-0.2, 0) is 4.74 Å². The number of hydrogen-bond donors (Lipinski definition) is 1. The molecule has 0 radical (unpaired) electrons. The largest absolute Gasteiger partial charge is 0.442 e. The van der Waals surface area contributed by atoms with E-state index < -0.39 is 12.2 Å². The van der Waals surface area contributed by atoms with Crippen molar-refractivity contribution in [1.82, 2.24) is 5.32 Å². The van der Waals surface area contributed by atoms with Crippen LogP contribution in [0.15, 0.2) is 35.7 Å². The first kappa shape index (κ1) is 16.0. The Kier molecular flexibility index (Phi) is 4.49. The van der Waals surface area contributed by atoms with Gasteiger partial charge in [-0.25, -0.2) is 9.64 Å². The lowest BCUT2D eigenvalue weighted by Crippen LogP contribution is -2.34. The Morgan fingerprint density at radius 3 is 3.00 bits per heavy atom. The predicted molar refractivity (Wildman–Crippen MR) is 91.7 cm³/mol. The predicted octanol–water partition coefficient (Wildman–Crippen LogP) is 3.36. The first-order valence-corrected chi connectivity index (χ1v) is 8.24. The molecule has 1 aromatic carbocycles. The number of thiophene rings is 1. The van der Waals surface area contributed by atoms with Gasteiger partial charge in [-0.3, -0.25) is 9.69 Å². The molecule has 1 atom stereocenters. The van der Waals surface area contributed by atoms with E-state index >= 15 is 0 Å². The molecule has 0 spiro atoms. The molecule has 7 heteroatoms. The lowest BCUT2D eigenvalue weighted by molar-refractivity contribution is 0.0920. The number of cyclic esters (lactones) is 1. The molecule has 3 rings (SSSR count). The standard InChI is InChI=1S/C17H15N3O3S/c1-11-8-12(5-6-14(11)18-2)20-10-13(23-17(20)22)9-19-16(21)15-4-3-7-24-15/h3-8,13H,9-10H2,1H3,(H,19,21)/t13-/m0/s1. The molecule has 24 heavy (non-hydrogen) atoms. The third kappa shape index (κ3) is 3.24. The maximum Gasteiger partial charge on any atom is 0.414 e. The number of carbonyl (C=O) groups is 2. The number of amides is 2. The maximum absolute atomic E-state index is 12.1. The molecule has 2 amide bonds. The molecule has 1 fully saturated rings. The summed E-state index contributed by atoms with van der Waals surface area (Å²) in [5.74, 6) is -0.170. The van der Waals surface area contributed by atoms with Gasteiger partial charge < -0.3 is 10.1 Å². The third-order valence-electron chi connectivity index (χ3n) is 3.72. The van der Waals surface area contributed by atoms with Crippen LogP contribution in [0.25, 0.3) is 4.85 Å². The highest BCUT2D eigenvalue weighted by atomic mass is 32.1. The van der Waals surface area contributed by atoms with E-state index in [4.69, 9.17) is 11.3 Å². The minimum Gasteiger partial charge on any atom is -0.442 e. The molecule has 122 valence electrons. The lowest BCUT2D eigenvalue weighted by atomic mass is 10.1. The third-order valence-corrected chi connectivity index (χ3v) is 4.59. The molecule has 2 heterocycles. The number of nitrogens with one attached hydrogen (secondary N) is 1. The van der Waals surface area contributed by atoms with Crippen LogP contribution in [0.1, 0.15) is 15.2 Å². The second-order valence-corrected chi connectivity index (χ2v) is 6.33. The van der Waals surface area contributed by atoms with Crippen LogP contribution in [-0.4, -0.2) is 31.2 Å². The molecular weight excluding hydrogens is 326 g/mol. The quantitative estimate of drug-likeness (QED) is 0.867. The molecule has 1 aromatic heterocycles. The molecule has 1 saturated heterocycles. The number of nitrogens with zero attached hydrogens (tertiary/aromatic N) is 2. The van der Waals surface area contributed by atoms with E-state index in [0.717, 1.165) is 5.56 Å². The lowest BCUT2D eigenvalue weighted by Gasteiger charge is -2.14. The van der Waals surface area contributed by atoms with E-state index in [1.54, 1.807) is 24.3 Å². The minimum atomic E-state index is -0.444. The average Bonchev–Trinajstić information content (AvgIpc) is 3.22. The van der Waals surface area contributed by atoms with E-state index in [1.165, 1.54) is 16.2 Å². The summed E-state index contributed by atoms with van der Waals surface area (Å²) in [6.45, 7) is 9.52. The summed E-state index contributed by atoms with van der Waals surface area (Å²) in [6, 6.07) is 8.77. The number of anilines is 1. The van der Waals surface area contributed by atoms with Gasteiger partial charge in [-0.05, 0) is 36.1 Å². The summed E-state index contributed by atoms with van der Waals surface area (Å²) in [7, 11) is 0. The Bertz CT molecular complexity index is 811. The zero-order valence-corrected chi connectivity index (χ0v) is 13.8. The number of carbonyl (C=O) groups excluding carboxylic acids is 2. The highest BCUT2D eigenvalue weighted by Gasteiger charge is 2.32. The van der Waals surface area contributed by atoms with Crippen molar-refractivity contribution in [3.63, 3.8) is 0 Å². The monoisotopic (exact) mass is 341 g/mol. The van der Waals surface area contributed by atoms with Gasteiger partial charge in [0.15, 0.2) is 5.69 Å². The average molecular weight is 341 g/mol. The van der Waals surface area contributed by atoms with Gasteiger partial charge in [0, 0.05) is 5.69 Å². The van der Waals surface area contributed by atoms with Crippen molar-refractivity contribution >= 4 is 34.7 Å². The molecule has 6 nitrogen and oxygen atoms in total. The van der Waals surface area contributed by atoms with Crippen molar-refractivity contribution in [3.8, 4) is 0 Å². The Balaban J connectivity index is 1.62. The fourth-order valence-corrected chi connectivity index (χ4v) is 3.11. The second-order valence-electron chi connectivity index (χ2n) is 5.39. The number of hydrogen-bond acceptors (Lipinski definition) is 4. The summed E-state index contributed by atoms with van der Waals surface area (Å²) in [4.78, 5) is 29.5. The topological polar surface area (TPSA) is 63.0 Å². The molecule has 0 unspecified atom stereocenters. The van der Waals surface area contributed by atoms with Crippen molar-refractivity contribution in [1.29, 1.82) is 0 Å². The van der Waals surface area contributed by atoms with E-state index in [-0.39, 0.29) is 12.5 Å². The summed E-state index contributed by atoms with van der Waals surface area (Å²) in [5.41, 5.74) is 2.06. The maximum atomic E-state index is 12.1. The molecule has 1 N–H and O–H groups in total. The number of benzene rings is 1. The van der Waals surface area contributed by atoms with Crippen molar-refractivity contribution < 1.29 is 14.3 Å².